The predicted octanol–water partition coefficient (Wildman–Crippen LogP) is 2.20. The number of amides is 1. The van der Waals surface area contributed by atoms with Gasteiger partial charge in [0.2, 0.25) is 5.91 Å². The van der Waals surface area contributed by atoms with E-state index < -0.39 is 5.97 Å². The summed E-state index contributed by atoms with van der Waals surface area (Å²) in [5.41, 5.74) is 2.60. The molecular formula is C14H19NO4. The topological polar surface area (TPSA) is 64.6 Å². The number of rotatable bonds is 5. The van der Waals surface area contributed by atoms with Gasteiger partial charge in [-0.2, -0.15) is 0 Å². The van der Waals surface area contributed by atoms with E-state index in [0.717, 1.165) is 11.1 Å². The Hall–Kier alpha value is -2.04. The summed E-state index contributed by atoms with van der Waals surface area (Å²) in [7, 11) is 2.86. The van der Waals surface area contributed by atoms with Gasteiger partial charge < -0.3 is 14.8 Å². The molecule has 0 heterocycles. The Kier molecular flexibility index (Phi) is 5.36. The number of ether oxygens (including phenoxy) is 2. The fourth-order valence-corrected chi connectivity index (χ4v) is 1.85. The van der Waals surface area contributed by atoms with Gasteiger partial charge in [0.25, 0.3) is 0 Å². The normalized spacial score (nSPS) is 9.89. The summed E-state index contributed by atoms with van der Waals surface area (Å²) >= 11 is 0. The quantitative estimate of drug-likeness (QED) is 0.829. The van der Waals surface area contributed by atoms with Crippen LogP contribution in [0, 0.1) is 13.8 Å². The second-order valence-corrected chi connectivity index (χ2v) is 4.29. The van der Waals surface area contributed by atoms with Crippen LogP contribution in [0.15, 0.2) is 12.1 Å². The summed E-state index contributed by atoms with van der Waals surface area (Å²) in [5, 5.41) is 2.75. The van der Waals surface area contributed by atoms with E-state index in [1.165, 1.54) is 7.11 Å². The fraction of sp³-hybridized carbons (Fsp3) is 0.429. The van der Waals surface area contributed by atoms with Crippen molar-refractivity contribution >= 4 is 17.6 Å². The van der Waals surface area contributed by atoms with Gasteiger partial charge in [-0.25, -0.2) is 0 Å². The van der Waals surface area contributed by atoms with Gasteiger partial charge in [0.15, 0.2) is 0 Å². The average Bonchev–Trinajstić information content (AvgIpc) is 2.35. The number of carbonyl (C=O) groups excluding carboxylic acids is 2. The van der Waals surface area contributed by atoms with Crippen molar-refractivity contribution in [3.8, 4) is 5.75 Å². The summed E-state index contributed by atoms with van der Waals surface area (Å²) in [5.74, 6) is -0.00624. The lowest BCUT2D eigenvalue weighted by molar-refractivity contribution is -0.141. The highest BCUT2D eigenvalue weighted by atomic mass is 16.5. The molecule has 0 saturated carbocycles. The average molecular weight is 265 g/mol. The Bertz CT molecular complexity index is 483. The van der Waals surface area contributed by atoms with Crippen molar-refractivity contribution in [2.75, 3.05) is 19.5 Å². The summed E-state index contributed by atoms with van der Waals surface area (Å²) in [6.07, 6.45) is 0.151. The first-order chi connectivity index (χ1) is 8.97. The number of hydrogen-bond acceptors (Lipinski definition) is 4. The fourth-order valence-electron chi connectivity index (χ4n) is 1.85. The molecule has 1 amide bonds. The zero-order chi connectivity index (χ0) is 14.4. The van der Waals surface area contributed by atoms with Crippen LogP contribution in [-0.2, 0) is 14.3 Å². The van der Waals surface area contributed by atoms with Crippen molar-refractivity contribution in [1.29, 1.82) is 0 Å². The van der Waals surface area contributed by atoms with E-state index in [9.17, 15) is 9.59 Å². The minimum atomic E-state index is -0.400. The summed E-state index contributed by atoms with van der Waals surface area (Å²) in [4.78, 5) is 22.7. The molecule has 0 unspecified atom stereocenters. The zero-order valence-electron chi connectivity index (χ0n) is 11.7. The second kappa shape index (κ2) is 6.78. The van der Waals surface area contributed by atoms with Crippen LogP contribution in [0.1, 0.15) is 24.0 Å². The maximum absolute atomic E-state index is 11.7. The van der Waals surface area contributed by atoms with Crippen molar-refractivity contribution in [3.05, 3.63) is 23.3 Å². The Morgan fingerprint density at radius 3 is 2.42 bits per heavy atom. The Labute approximate surface area is 112 Å². The molecule has 0 aromatic heterocycles. The summed E-state index contributed by atoms with van der Waals surface area (Å²) < 4.78 is 9.76. The van der Waals surface area contributed by atoms with Crippen LogP contribution in [0.2, 0.25) is 0 Å². The first-order valence-corrected chi connectivity index (χ1v) is 5.99. The lowest BCUT2D eigenvalue weighted by atomic mass is 10.1. The minimum absolute atomic E-state index is 0.0649. The molecule has 5 nitrogen and oxygen atoms in total. The van der Waals surface area contributed by atoms with Crippen LogP contribution >= 0.6 is 0 Å². The number of esters is 1. The summed E-state index contributed by atoms with van der Waals surface area (Å²) in [6.45, 7) is 3.85. The van der Waals surface area contributed by atoms with E-state index in [1.54, 1.807) is 7.11 Å². The Balaban J connectivity index is 2.76. The van der Waals surface area contributed by atoms with Crippen LogP contribution in [0.25, 0.3) is 0 Å². The number of carbonyl (C=O) groups is 2. The first-order valence-electron chi connectivity index (χ1n) is 5.99. The van der Waals surface area contributed by atoms with Gasteiger partial charge in [-0.3, -0.25) is 9.59 Å². The third kappa shape index (κ3) is 4.28. The monoisotopic (exact) mass is 265 g/mol. The molecule has 0 aliphatic heterocycles. The van der Waals surface area contributed by atoms with Crippen molar-refractivity contribution < 1.29 is 19.1 Å². The van der Waals surface area contributed by atoms with Gasteiger partial charge in [-0.15, -0.1) is 0 Å². The Morgan fingerprint density at radius 1 is 1.16 bits per heavy atom. The number of nitrogens with one attached hydrogen (secondary N) is 1. The van der Waals surface area contributed by atoms with Crippen molar-refractivity contribution in [2.45, 2.75) is 26.7 Å². The first kappa shape index (κ1) is 15.0. The summed E-state index contributed by atoms with van der Waals surface area (Å²) in [6, 6.07) is 3.81. The molecule has 0 aliphatic rings. The van der Waals surface area contributed by atoms with Crippen molar-refractivity contribution in [2.24, 2.45) is 0 Å². The second-order valence-electron chi connectivity index (χ2n) is 4.29. The van der Waals surface area contributed by atoms with E-state index in [4.69, 9.17) is 4.74 Å². The van der Waals surface area contributed by atoms with Gasteiger partial charge in [0.1, 0.15) is 5.75 Å². The molecule has 0 bridgehead atoms. The highest BCUT2D eigenvalue weighted by molar-refractivity contribution is 5.94. The minimum Gasteiger partial charge on any atom is -0.494 e. The molecule has 0 radical (unpaired) electrons. The molecule has 0 saturated heterocycles. The highest BCUT2D eigenvalue weighted by Gasteiger charge is 2.12. The zero-order valence-corrected chi connectivity index (χ0v) is 11.7. The molecule has 0 spiro atoms. The number of methoxy groups -OCH3 is 2. The van der Waals surface area contributed by atoms with E-state index in [-0.39, 0.29) is 18.7 Å². The highest BCUT2D eigenvalue weighted by Crippen LogP contribution is 2.29. The third-order valence-corrected chi connectivity index (χ3v) is 2.68. The molecule has 0 atom stereocenters. The van der Waals surface area contributed by atoms with E-state index >= 15 is 0 Å². The number of anilines is 1. The molecular weight excluding hydrogens is 246 g/mol. The number of aryl methyl sites for hydroxylation is 2. The molecule has 1 aromatic rings. The van der Waals surface area contributed by atoms with E-state index in [2.05, 4.69) is 10.1 Å². The van der Waals surface area contributed by atoms with Crippen LogP contribution < -0.4 is 10.1 Å². The molecule has 1 N–H and O–H groups in total. The van der Waals surface area contributed by atoms with Crippen LogP contribution in [0.3, 0.4) is 0 Å². The van der Waals surface area contributed by atoms with E-state index in [1.807, 2.05) is 26.0 Å². The van der Waals surface area contributed by atoms with Crippen molar-refractivity contribution in [1.82, 2.24) is 0 Å². The smallest absolute Gasteiger partial charge is 0.306 e. The maximum atomic E-state index is 11.7. The molecule has 104 valence electrons. The third-order valence-electron chi connectivity index (χ3n) is 2.68. The largest absolute Gasteiger partial charge is 0.494 e. The lowest BCUT2D eigenvalue weighted by Crippen LogP contribution is -2.15. The predicted molar refractivity (Wildman–Crippen MR) is 72.3 cm³/mol. The standard InChI is InChI=1S/C14H19NO4/c1-9-7-10(2)14(19-4)11(8-9)15-12(16)5-6-13(17)18-3/h7-8H,5-6H2,1-4H3,(H,15,16). The molecule has 0 aliphatic carbocycles. The van der Waals surface area contributed by atoms with Crippen LogP contribution in [-0.4, -0.2) is 26.1 Å². The van der Waals surface area contributed by atoms with Gasteiger partial charge in [0, 0.05) is 6.42 Å². The van der Waals surface area contributed by atoms with Gasteiger partial charge in [-0.1, -0.05) is 6.07 Å². The molecule has 5 heteroatoms. The lowest BCUT2D eigenvalue weighted by Gasteiger charge is -2.13. The Morgan fingerprint density at radius 2 is 1.84 bits per heavy atom. The number of benzene rings is 1. The van der Waals surface area contributed by atoms with Crippen LogP contribution in [0.4, 0.5) is 5.69 Å². The SMILES string of the molecule is COC(=O)CCC(=O)Nc1cc(C)cc(C)c1OC. The maximum Gasteiger partial charge on any atom is 0.306 e. The van der Waals surface area contributed by atoms with Gasteiger partial charge in [0.05, 0.1) is 26.3 Å². The number of hydrogen-bond donors (Lipinski definition) is 1. The molecule has 19 heavy (non-hydrogen) atoms. The molecule has 1 rings (SSSR count). The van der Waals surface area contributed by atoms with Crippen LogP contribution in [0.5, 0.6) is 5.75 Å². The molecule has 1 aromatic carbocycles. The van der Waals surface area contributed by atoms with Gasteiger partial charge in [-0.05, 0) is 31.0 Å². The van der Waals surface area contributed by atoms with Crippen molar-refractivity contribution in [3.63, 3.8) is 0 Å². The van der Waals surface area contributed by atoms with Gasteiger partial charge >= 0.3 is 5.97 Å². The molecule has 0 fully saturated rings. The van der Waals surface area contributed by atoms with E-state index in [0.29, 0.717) is 11.4 Å².